The first-order chi connectivity index (χ1) is 6.83. The molecule has 0 aliphatic carbocycles. The molecule has 0 atom stereocenters. The fraction of sp³-hybridized carbons (Fsp3) is 0.600. The van der Waals surface area contributed by atoms with Crippen LogP contribution < -0.4 is 4.74 Å². The minimum Gasteiger partial charge on any atom is -0.478 e. The number of halogens is 1. The normalized spacial score (nSPS) is 10.1. The molecule has 0 aliphatic rings. The second-order valence-corrected chi connectivity index (χ2v) is 3.09. The Kier molecular flexibility index (Phi) is 4.89. The van der Waals surface area contributed by atoms with Gasteiger partial charge in [-0.25, -0.2) is 9.97 Å². The second-order valence-electron chi connectivity index (χ2n) is 3.09. The van der Waals surface area contributed by atoms with Crippen LogP contribution in [0, 0.1) is 5.95 Å². The third kappa shape index (κ3) is 4.16. The van der Waals surface area contributed by atoms with E-state index in [-0.39, 0.29) is 0 Å². The molecule has 1 aromatic rings. The van der Waals surface area contributed by atoms with Crippen molar-refractivity contribution in [3.05, 3.63) is 18.3 Å². The van der Waals surface area contributed by atoms with Crippen LogP contribution in [-0.2, 0) is 0 Å². The summed E-state index contributed by atoms with van der Waals surface area (Å²) in [6, 6.07) is 1.19. The fourth-order valence-electron chi connectivity index (χ4n) is 1.10. The van der Waals surface area contributed by atoms with Crippen LogP contribution in [0.25, 0.3) is 0 Å². The van der Waals surface area contributed by atoms with Crippen molar-refractivity contribution in [2.24, 2.45) is 0 Å². The summed E-state index contributed by atoms with van der Waals surface area (Å²) in [6.45, 7) is 2.75. The predicted molar refractivity (Wildman–Crippen MR) is 51.6 cm³/mol. The van der Waals surface area contributed by atoms with E-state index in [9.17, 15) is 4.39 Å². The first kappa shape index (κ1) is 10.9. The van der Waals surface area contributed by atoms with Crippen LogP contribution >= 0.6 is 0 Å². The molecule has 0 aromatic carbocycles. The van der Waals surface area contributed by atoms with Crippen LogP contribution in [0.5, 0.6) is 5.88 Å². The molecule has 1 heterocycles. The van der Waals surface area contributed by atoms with E-state index in [1.54, 1.807) is 0 Å². The van der Waals surface area contributed by atoms with E-state index in [1.165, 1.54) is 18.9 Å². The van der Waals surface area contributed by atoms with Crippen molar-refractivity contribution in [1.29, 1.82) is 0 Å². The lowest BCUT2D eigenvalue weighted by molar-refractivity contribution is 0.291. The van der Waals surface area contributed by atoms with E-state index in [0.717, 1.165) is 19.2 Å². The molecule has 0 fully saturated rings. The molecule has 0 spiro atoms. The Balaban J connectivity index is 2.18. The number of unbranched alkanes of at least 4 members (excludes halogenated alkanes) is 3. The molecule has 3 nitrogen and oxygen atoms in total. The molecule has 1 aromatic heterocycles. The number of rotatable bonds is 6. The zero-order chi connectivity index (χ0) is 10.2. The molecule has 14 heavy (non-hydrogen) atoms. The molecule has 0 amide bonds. The summed E-state index contributed by atoms with van der Waals surface area (Å²) in [5.74, 6) is -0.238. The topological polar surface area (TPSA) is 35.0 Å². The molecule has 0 unspecified atom stereocenters. The molecule has 78 valence electrons. The number of nitrogens with zero attached hydrogens (tertiary/aromatic N) is 2. The van der Waals surface area contributed by atoms with Gasteiger partial charge in [0.1, 0.15) is 6.33 Å². The van der Waals surface area contributed by atoms with Gasteiger partial charge in [-0.1, -0.05) is 26.2 Å². The van der Waals surface area contributed by atoms with Gasteiger partial charge in [0.25, 0.3) is 0 Å². The maximum absolute atomic E-state index is 12.6. The SMILES string of the molecule is CCCCCCOc1cc(F)ncn1. The minimum atomic E-state index is -0.552. The Bertz CT molecular complexity index is 268. The van der Waals surface area contributed by atoms with Gasteiger partial charge in [-0.3, -0.25) is 0 Å². The summed E-state index contributed by atoms with van der Waals surface area (Å²) >= 11 is 0. The first-order valence-electron chi connectivity index (χ1n) is 4.93. The van der Waals surface area contributed by atoms with Gasteiger partial charge in [-0.15, -0.1) is 0 Å². The molecule has 0 radical (unpaired) electrons. The summed E-state index contributed by atoms with van der Waals surface area (Å²) < 4.78 is 17.8. The average molecular weight is 198 g/mol. The molecule has 0 aliphatic heterocycles. The smallest absolute Gasteiger partial charge is 0.219 e. The summed E-state index contributed by atoms with van der Waals surface area (Å²) in [6.07, 6.45) is 5.70. The van der Waals surface area contributed by atoms with Gasteiger partial charge in [0.05, 0.1) is 12.7 Å². The Labute approximate surface area is 83.3 Å². The van der Waals surface area contributed by atoms with Gasteiger partial charge in [-0.05, 0) is 6.42 Å². The van der Waals surface area contributed by atoms with E-state index in [1.807, 2.05) is 0 Å². The van der Waals surface area contributed by atoms with Crippen LogP contribution in [0.2, 0.25) is 0 Å². The number of hydrogen-bond acceptors (Lipinski definition) is 3. The summed E-state index contributed by atoms with van der Waals surface area (Å²) in [4.78, 5) is 7.12. The summed E-state index contributed by atoms with van der Waals surface area (Å²) in [7, 11) is 0. The lowest BCUT2D eigenvalue weighted by Gasteiger charge is -2.03. The largest absolute Gasteiger partial charge is 0.478 e. The van der Waals surface area contributed by atoms with Crippen molar-refractivity contribution < 1.29 is 9.13 Å². The molecule has 4 heteroatoms. The second kappa shape index (κ2) is 6.29. The lowest BCUT2D eigenvalue weighted by atomic mass is 10.2. The third-order valence-corrected chi connectivity index (χ3v) is 1.86. The zero-order valence-corrected chi connectivity index (χ0v) is 8.37. The van der Waals surface area contributed by atoms with Crippen LogP contribution in [0.1, 0.15) is 32.6 Å². The Morgan fingerprint density at radius 2 is 2.14 bits per heavy atom. The maximum atomic E-state index is 12.6. The lowest BCUT2D eigenvalue weighted by Crippen LogP contribution is -2.00. The molecule has 1 rings (SSSR count). The molecule has 0 N–H and O–H groups in total. The van der Waals surface area contributed by atoms with Crippen molar-refractivity contribution in [3.63, 3.8) is 0 Å². The maximum Gasteiger partial charge on any atom is 0.219 e. The highest BCUT2D eigenvalue weighted by atomic mass is 19.1. The van der Waals surface area contributed by atoms with Gasteiger partial charge < -0.3 is 4.74 Å². The van der Waals surface area contributed by atoms with Gasteiger partial charge >= 0.3 is 0 Å². The highest BCUT2D eigenvalue weighted by Crippen LogP contribution is 2.06. The van der Waals surface area contributed by atoms with Crippen molar-refractivity contribution >= 4 is 0 Å². The standard InChI is InChI=1S/C10H15FN2O/c1-2-3-4-5-6-14-10-7-9(11)12-8-13-10/h7-8H,2-6H2,1H3. The van der Waals surface area contributed by atoms with Gasteiger partial charge in [-0.2, -0.15) is 4.39 Å². The van der Waals surface area contributed by atoms with E-state index in [0.29, 0.717) is 12.5 Å². The molecule has 0 saturated carbocycles. The van der Waals surface area contributed by atoms with Crippen molar-refractivity contribution in [2.75, 3.05) is 6.61 Å². The number of ether oxygens (including phenoxy) is 1. The van der Waals surface area contributed by atoms with Gasteiger partial charge in [0.15, 0.2) is 0 Å². The van der Waals surface area contributed by atoms with E-state index in [4.69, 9.17) is 4.74 Å². The zero-order valence-electron chi connectivity index (χ0n) is 8.37. The van der Waals surface area contributed by atoms with Crippen LogP contribution in [0.15, 0.2) is 12.4 Å². The Morgan fingerprint density at radius 1 is 1.29 bits per heavy atom. The summed E-state index contributed by atoms with van der Waals surface area (Å²) in [5, 5.41) is 0. The third-order valence-electron chi connectivity index (χ3n) is 1.86. The number of aromatic nitrogens is 2. The van der Waals surface area contributed by atoms with Crippen LogP contribution in [-0.4, -0.2) is 16.6 Å². The molecule has 0 saturated heterocycles. The number of hydrogen-bond donors (Lipinski definition) is 0. The predicted octanol–water partition coefficient (Wildman–Crippen LogP) is 2.57. The fourth-order valence-corrected chi connectivity index (χ4v) is 1.10. The quantitative estimate of drug-likeness (QED) is 0.520. The highest BCUT2D eigenvalue weighted by molar-refractivity contribution is 5.05. The average Bonchev–Trinajstić information content (AvgIpc) is 2.18. The van der Waals surface area contributed by atoms with Gasteiger partial charge in [0.2, 0.25) is 11.8 Å². The van der Waals surface area contributed by atoms with E-state index in [2.05, 4.69) is 16.9 Å². The first-order valence-corrected chi connectivity index (χ1v) is 4.93. The van der Waals surface area contributed by atoms with Crippen molar-refractivity contribution in [3.8, 4) is 5.88 Å². The molecule has 0 bridgehead atoms. The minimum absolute atomic E-state index is 0.314. The molecular weight excluding hydrogens is 183 g/mol. The van der Waals surface area contributed by atoms with Crippen molar-refractivity contribution in [1.82, 2.24) is 9.97 Å². The Morgan fingerprint density at radius 3 is 2.86 bits per heavy atom. The highest BCUT2D eigenvalue weighted by Gasteiger charge is 1.97. The van der Waals surface area contributed by atoms with Crippen LogP contribution in [0.3, 0.4) is 0 Å². The summed E-state index contributed by atoms with van der Waals surface area (Å²) in [5.41, 5.74) is 0. The van der Waals surface area contributed by atoms with Crippen molar-refractivity contribution in [2.45, 2.75) is 32.6 Å². The molecular formula is C10H15FN2O. The van der Waals surface area contributed by atoms with E-state index >= 15 is 0 Å². The monoisotopic (exact) mass is 198 g/mol. The van der Waals surface area contributed by atoms with Gasteiger partial charge in [0, 0.05) is 0 Å². The Hall–Kier alpha value is -1.19. The van der Waals surface area contributed by atoms with E-state index < -0.39 is 5.95 Å². The van der Waals surface area contributed by atoms with Crippen LogP contribution in [0.4, 0.5) is 4.39 Å².